The van der Waals surface area contributed by atoms with Crippen molar-refractivity contribution >= 4 is 5.78 Å². The number of carbonyl (C=O) groups excluding carboxylic acids is 1. The summed E-state index contributed by atoms with van der Waals surface area (Å²) in [5.41, 5.74) is 3.11. The number of ketones is 1. The largest absolute Gasteiger partial charge is 0.496 e. The second kappa shape index (κ2) is 5.45. The van der Waals surface area contributed by atoms with Crippen molar-refractivity contribution in [2.24, 2.45) is 0 Å². The molecular weight excluding hydrogens is 255 g/mol. The van der Waals surface area contributed by atoms with Crippen LogP contribution in [0.2, 0.25) is 0 Å². The molecule has 0 amide bonds. The monoisotopic (exact) mass is 272 g/mol. The summed E-state index contributed by atoms with van der Waals surface area (Å²) in [5, 5.41) is 0. The summed E-state index contributed by atoms with van der Waals surface area (Å²) in [6.45, 7) is 5.52. The molecule has 104 valence electrons. The third-order valence-electron chi connectivity index (χ3n) is 3.35. The normalized spacial score (nSPS) is 10.4. The van der Waals surface area contributed by atoms with Gasteiger partial charge in [-0.3, -0.25) is 4.79 Å². The average Bonchev–Trinajstić information content (AvgIpc) is 2.42. The first-order valence-corrected chi connectivity index (χ1v) is 6.40. The van der Waals surface area contributed by atoms with Gasteiger partial charge in [0.1, 0.15) is 11.6 Å². The molecule has 2 nitrogen and oxygen atoms in total. The fraction of sp³-hybridized carbons (Fsp3) is 0.235. The second-order valence-electron chi connectivity index (χ2n) is 4.95. The van der Waals surface area contributed by atoms with E-state index in [-0.39, 0.29) is 11.3 Å². The van der Waals surface area contributed by atoms with Crippen LogP contribution in [0.5, 0.6) is 5.75 Å². The lowest BCUT2D eigenvalue weighted by atomic mass is 9.95. The molecule has 0 unspecified atom stereocenters. The average molecular weight is 272 g/mol. The zero-order chi connectivity index (χ0) is 14.9. The minimum absolute atomic E-state index is 0.109. The van der Waals surface area contributed by atoms with Crippen molar-refractivity contribution in [1.82, 2.24) is 0 Å². The van der Waals surface area contributed by atoms with Crippen LogP contribution < -0.4 is 4.74 Å². The van der Waals surface area contributed by atoms with Gasteiger partial charge in [-0.2, -0.15) is 0 Å². The van der Waals surface area contributed by atoms with E-state index in [2.05, 4.69) is 0 Å². The molecule has 0 spiro atoms. The molecule has 0 aliphatic heterocycles. The molecule has 0 aliphatic rings. The summed E-state index contributed by atoms with van der Waals surface area (Å²) in [6.07, 6.45) is 0. The Hall–Kier alpha value is -2.16. The van der Waals surface area contributed by atoms with Crippen LogP contribution in [0.15, 0.2) is 30.3 Å². The number of benzene rings is 2. The summed E-state index contributed by atoms with van der Waals surface area (Å²) in [6, 6.07) is 8.11. The number of rotatable bonds is 3. The highest BCUT2D eigenvalue weighted by molar-refractivity contribution is 6.10. The number of halogens is 1. The molecule has 0 heterocycles. The first kappa shape index (κ1) is 14.3. The molecule has 3 heteroatoms. The van der Waals surface area contributed by atoms with Crippen molar-refractivity contribution in [2.45, 2.75) is 20.8 Å². The number of hydrogen-bond acceptors (Lipinski definition) is 2. The van der Waals surface area contributed by atoms with Crippen LogP contribution in [0.1, 0.15) is 32.6 Å². The predicted molar refractivity (Wildman–Crippen MR) is 77.0 cm³/mol. The van der Waals surface area contributed by atoms with E-state index in [4.69, 9.17) is 4.74 Å². The Morgan fingerprint density at radius 1 is 1.00 bits per heavy atom. The van der Waals surface area contributed by atoms with Gasteiger partial charge in [0.05, 0.1) is 12.7 Å². The smallest absolute Gasteiger partial charge is 0.196 e. The van der Waals surface area contributed by atoms with Crippen LogP contribution in [0.4, 0.5) is 4.39 Å². The molecular formula is C17H17FO2. The van der Waals surface area contributed by atoms with Crippen LogP contribution >= 0.6 is 0 Å². The molecule has 0 N–H and O–H groups in total. The molecule has 2 aromatic carbocycles. The molecule has 20 heavy (non-hydrogen) atoms. The lowest BCUT2D eigenvalue weighted by Crippen LogP contribution is -2.07. The maximum Gasteiger partial charge on any atom is 0.196 e. The standard InChI is InChI=1S/C17H17FO2/c1-10-5-6-15(18)14(7-10)17(19)13-8-12(3)16(20-4)9-11(13)2/h5-9H,1-4H3. The zero-order valence-corrected chi connectivity index (χ0v) is 12.1. The highest BCUT2D eigenvalue weighted by atomic mass is 19.1. The number of aryl methyl sites for hydroxylation is 3. The zero-order valence-electron chi connectivity index (χ0n) is 12.1. The van der Waals surface area contributed by atoms with Gasteiger partial charge in [-0.25, -0.2) is 4.39 Å². The van der Waals surface area contributed by atoms with E-state index in [0.29, 0.717) is 5.56 Å². The topological polar surface area (TPSA) is 26.3 Å². The Bertz CT molecular complexity index is 675. The molecule has 2 rings (SSSR count). The maximum atomic E-state index is 13.8. The highest BCUT2D eigenvalue weighted by Gasteiger charge is 2.17. The van der Waals surface area contributed by atoms with Gasteiger partial charge in [-0.1, -0.05) is 11.6 Å². The third-order valence-corrected chi connectivity index (χ3v) is 3.35. The molecule has 0 aliphatic carbocycles. The van der Waals surface area contributed by atoms with Crippen molar-refractivity contribution in [3.05, 3.63) is 64.0 Å². The summed E-state index contributed by atoms with van der Waals surface area (Å²) in [7, 11) is 1.59. The minimum atomic E-state index is -0.492. The van der Waals surface area contributed by atoms with Gasteiger partial charge in [-0.15, -0.1) is 0 Å². The van der Waals surface area contributed by atoms with E-state index < -0.39 is 5.82 Å². The van der Waals surface area contributed by atoms with Gasteiger partial charge in [0.15, 0.2) is 5.78 Å². The number of methoxy groups -OCH3 is 1. The molecule has 0 radical (unpaired) electrons. The van der Waals surface area contributed by atoms with E-state index >= 15 is 0 Å². The summed E-state index contributed by atoms with van der Waals surface area (Å²) in [4.78, 5) is 12.5. The van der Waals surface area contributed by atoms with Crippen molar-refractivity contribution < 1.29 is 13.9 Å². The summed E-state index contributed by atoms with van der Waals surface area (Å²) >= 11 is 0. The fourth-order valence-corrected chi connectivity index (χ4v) is 2.21. The Kier molecular flexibility index (Phi) is 3.89. The van der Waals surface area contributed by atoms with Gasteiger partial charge in [0, 0.05) is 5.56 Å². The first-order chi connectivity index (χ1) is 9.43. The van der Waals surface area contributed by atoms with Gasteiger partial charge in [0.25, 0.3) is 0 Å². The predicted octanol–water partition coefficient (Wildman–Crippen LogP) is 3.99. The van der Waals surface area contributed by atoms with Gasteiger partial charge in [-0.05, 0) is 56.2 Å². The highest BCUT2D eigenvalue weighted by Crippen LogP contribution is 2.25. The van der Waals surface area contributed by atoms with E-state index in [9.17, 15) is 9.18 Å². The van der Waals surface area contributed by atoms with Crippen LogP contribution in [0.3, 0.4) is 0 Å². The van der Waals surface area contributed by atoms with Crippen LogP contribution in [0, 0.1) is 26.6 Å². The lowest BCUT2D eigenvalue weighted by molar-refractivity contribution is 0.103. The SMILES string of the molecule is COc1cc(C)c(C(=O)c2cc(C)ccc2F)cc1C. The molecule has 0 aromatic heterocycles. The third kappa shape index (κ3) is 2.57. The lowest BCUT2D eigenvalue weighted by Gasteiger charge is -2.11. The Morgan fingerprint density at radius 3 is 2.35 bits per heavy atom. The van der Waals surface area contributed by atoms with E-state index in [0.717, 1.165) is 22.4 Å². The molecule has 2 aromatic rings. The first-order valence-electron chi connectivity index (χ1n) is 6.40. The summed E-state index contributed by atoms with van der Waals surface area (Å²) in [5.74, 6) is -0.0633. The van der Waals surface area contributed by atoms with E-state index in [1.165, 1.54) is 6.07 Å². The van der Waals surface area contributed by atoms with Gasteiger partial charge < -0.3 is 4.74 Å². The van der Waals surface area contributed by atoms with Crippen molar-refractivity contribution in [3.8, 4) is 5.75 Å². The van der Waals surface area contributed by atoms with Crippen LogP contribution in [-0.4, -0.2) is 12.9 Å². The molecule has 0 saturated heterocycles. The maximum absolute atomic E-state index is 13.8. The van der Waals surface area contributed by atoms with E-state index in [1.807, 2.05) is 20.8 Å². The molecule has 0 bridgehead atoms. The number of ether oxygens (including phenoxy) is 1. The molecule has 0 atom stereocenters. The fourth-order valence-electron chi connectivity index (χ4n) is 2.21. The van der Waals surface area contributed by atoms with Gasteiger partial charge >= 0.3 is 0 Å². The summed E-state index contributed by atoms with van der Waals surface area (Å²) < 4.78 is 19.1. The Balaban J connectivity index is 2.54. The minimum Gasteiger partial charge on any atom is -0.496 e. The Labute approximate surface area is 118 Å². The molecule has 0 fully saturated rings. The number of hydrogen-bond donors (Lipinski definition) is 0. The van der Waals surface area contributed by atoms with Crippen LogP contribution in [0.25, 0.3) is 0 Å². The van der Waals surface area contributed by atoms with E-state index in [1.54, 1.807) is 31.4 Å². The second-order valence-corrected chi connectivity index (χ2v) is 4.95. The van der Waals surface area contributed by atoms with Gasteiger partial charge in [0.2, 0.25) is 0 Å². The molecule has 0 saturated carbocycles. The van der Waals surface area contributed by atoms with Crippen molar-refractivity contribution in [2.75, 3.05) is 7.11 Å². The quantitative estimate of drug-likeness (QED) is 0.790. The van der Waals surface area contributed by atoms with Crippen LogP contribution in [-0.2, 0) is 0 Å². The number of carbonyl (C=O) groups is 1. The van der Waals surface area contributed by atoms with Crippen molar-refractivity contribution in [1.29, 1.82) is 0 Å². The van der Waals surface area contributed by atoms with Crippen molar-refractivity contribution in [3.63, 3.8) is 0 Å². The Morgan fingerprint density at radius 2 is 1.70 bits per heavy atom.